The van der Waals surface area contributed by atoms with E-state index in [9.17, 15) is 9.18 Å². The number of methoxy groups -OCH3 is 1. The minimum Gasteiger partial charge on any atom is -0.466 e. The van der Waals surface area contributed by atoms with Gasteiger partial charge < -0.3 is 9.47 Å². The Kier molecular flexibility index (Phi) is 3.74. The fourth-order valence-corrected chi connectivity index (χ4v) is 2.34. The number of aromatic nitrogens is 1. The van der Waals surface area contributed by atoms with Gasteiger partial charge in [0.25, 0.3) is 0 Å². The Morgan fingerprint density at radius 2 is 1.95 bits per heavy atom. The molecule has 1 fully saturated rings. The van der Waals surface area contributed by atoms with Gasteiger partial charge in [-0.2, -0.15) is 0 Å². The lowest BCUT2D eigenvalue weighted by molar-refractivity contribution is -0.151. The van der Waals surface area contributed by atoms with E-state index in [-0.39, 0.29) is 11.7 Å². The number of ether oxygens (including phenoxy) is 2. The van der Waals surface area contributed by atoms with E-state index >= 15 is 0 Å². The number of rotatable bonds is 4. The van der Waals surface area contributed by atoms with Crippen molar-refractivity contribution in [3.8, 4) is 17.1 Å². The van der Waals surface area contributed by atoms with Crippen LogP contribution in [0, 0.1) is 5.82 Å². The molecule has 6 heteroatoms. The van der Waals surface area contributed by atoms with Gasteiger partial charge in [0.2, 0.25) is 11.5 Å². The molecule has 0 saturated heterocycles. The highest BCUT2D eigenvalue weighted by Crippen LogP contribution is 2.41. The fourth-order valence-electron chi connectivity index (χ4n) is 2.14. The van der Waals surface area contributed by atoms with Crippen LogP contribution in [0.2, 0.25) is 5.02 Å². The van der Waals surface area contributed by atoms with E-state index in [1.807, 2.05) is 0 Å². The molecule has 22 heavy (non-hydrogen) atoms. The van der Waals surface area contributed by atoms with Crippen molar-refractivity contribution in [2.24, 2.45) is 0 Å². The lowest BCUT2D eigenvalue weighted by Gasteiger charge is -2.15. The number of benzene rings is 1. The molecule has 1 aliphatic rings. The first-order chi connectivity index (χ1) is 10.5. The number of esters is 1. The summed E-state index contributed by atoms with van der Waals surface area (Å²) in [5.74, 6) is -0.503. The van der Waals surface area contributed by atoms with Crippen molar-refractivity contribution in [2.45, 2.75) is 18.4 Å². The molecule has 1 heterocycles. The van der Waals surface area contributed by atoms with E-state index in [0.717, 1.165) is 0 Å². The molecule has 0 bridgehead atoms. The van der Waals surface area contributed by atoms with E-state index in [1.54, 1.807) is 18.2 Å². The number of carbonyl (C=O) groups excluding carboxylic acids is 1. The maximum atomic E-state index is 13.0. The lowest BCUT2D eigenvalue weighted by atomic mass is 10.1. The Bertz CT molecular complexity index is 714. The third-order valence-electron chi connectivity index (χ3n) is 3.47. The van der Waals surface area contributed by atoms with Crippen molar-refractivity contribution < 1.29 is 18.7 Å². The van der Waals surface area contributed by atoms with Gasteiger partial charge in [0.15, 0.2) is 0 Å². The molecule has 1 aliphatic carbocycles. The summed E-state index contributed by atoms with van der Waals surface area (Å²) in [4.78, 5) is 16.1. The number of carbonyl (C=O) groups is 1. The van der Waals surface area contributed by atoms with Crippen LogP contribution < -0.4 is 4.74 Å². The van der Waals surface area contributed by atoms with Gasteiger partial charge in [0.1, 0.15) is 5.82 Å². The summed E-state index contributed by atoms with van der Waals surface area (Å²) in [5, 5.41) is 0.421. The van der Waals surface area contributed by atoms with E-state index in [0.29, 0.717) is 29.1 Å². The molecule has 4 nitrogen and oxygen atoms in total. The number of hydrogen-bond acceptors (Lipinski definition) is 4. The molecule has 114 valence electrons. The predicted octanol–water partition coefficient (Wildman–Crippen LogP) is 3.63. The first kappa shape index (κ1) is 14.8. The summed E-state index contributed by atoms with van der Waals surface area (Å²) in [6.45, 7) is 0. The van der Waals surface area contributed by atoms with E-state index in [2.05, 4.69) is 4.98 Å². The second-order valence-electron chi connectivity index (χ2n) is 5.10. The second-order valence-corrected chi connectivity index (χ2v) is 5.54. The summed E-state index contributed by atoms with van der Waals surface area (Å²) in [5.41, 5.74) is 0.298. The zero-order chi connectivity index (χ0) is 15.7. The molecule has 2 aromatic rings. The molecule has 3 rings (SSSR count). The van der Waals surface area contributed by atoms with Crippen LogP contribution in [0.4, 0.5) is 4.39 Å². The molecule has 1 saturated carbocycles. The highest BCUT2D eigenvalue weighted by Gasteiger charge is 2.54. The van der Waals surface area contributed by atoms with Gasteiger partial charge in [-0.3, -0.25) is 0 Å². The average Bonchev–Trinajstić information content (AvgIpc) is 3.27. The number of pyridine rings is 1. The maximum Gasteiger partial charge on any atom is 0.350 e. The summed E-state index contributed by atoms with van der Waals surface area (Å²) in [7, 11) is 1.32. The molecule has 0 N–H and O–H groups in total. The normalized spacial score (nSPS) is 15.2. The smallest absolute Gasteiger partial charge is 0.350 e. The van der Waals surface area contributed by atoms with Gasteiger partial charge in [-0.25, -0.2) is 14.2 Å². The van der Waals surface area contributed by atoms with Gasteiger partial charge in [-0.15, -0.1) is 0 Å². The van der Waals surface area contributed by atoms with Crippen LogP contribution >= 0.6 is 11.6 Å². The molecule has 0 radical (unpaired) electrons. The summed E-state index contributed by atoms with van der Waals surface area (Å²) in [6, 6.07) is 9.08. The van der Waals surface area contributed by atoms with E-state index in [1.165, 1.54) is 25.3 Å². The Balaban J connectivity index is 1.90. The Morgan fingerprint density at radius 3 is 2.55 bits per heavy atom. The molecule has 0 atom stereocenters. The molecule has 0 spiro atoms. The zero-order valence-electron chi connectivity index (χ0n) is 11.8. The summed E-state index contributed by atoms with van der Waals surface area (Å²) >= 11 is 6.08. The van der Waals surface area contributed by atoms with Gasteiger partial charge in [-0.1, -0.05) is 11.6 Å². The standard InChI is InChI=1S/C16H13ClFNO3/c1-21-15(20)16(6-7-16)22-14-9-11(17)8-13(19-14)10-2-4-12(18)5-3-10/h2-5,8-9H,6-7H2,1H3. The van der Waals surface area contributed by atoms with Crippen LogP contribution in [0.3, 0.4) is 0 Å². The minimum atomic E-state index is -0.952. The topological polar surface area (TPSA) is 48.4 Å². The molecule has 0 amide bonds. The van der Waals surface area contributed by atoms with Crippen LogP contribution in [-0.2, 0) is 9.53 Å². The largest absolute Gasteiger partial charge is 0.466 e. The number of halogens is 2. The van der Waals surface area contributed by atoms with Crippen LogP contribution in [0.1, 0.15) is 12.8 Å². The first-order valence-electron chi connectivity index (χ1n) is 6.73. The number of nitrogens with zero attached hydrogens (tertiary/aromatic N) is 1. The van der Waals surface area contributed by atoms with Gasteiger partial charge in [0, 0.05) is 29.5 Å². The Labute approximate surface area is 131 Å². The quantitative estimate of drug-likeness (QED) is 0.807. The van der Waals surface area contributed by atoms with Crippen molar-refractivity contribution in [1.82, 2.24) is 4.98 Å². The highest BCUT2D eigenvalue weighted by molar-refractivity contribution is 6.30. The molecular weight excluding hydrogens is 309 g/mol. The predicted molar refractivity (Wildman–Crippen MR) is 79.3 cm³/mol. The molecule has 1 aromatic heterocycles. The van der Waals surface area contributed by atoms with Crippen LogP contribution in [0.5, 0.6) is 5.88 Å². The van der Waals surface area contributed by atoms with Crippen molar-refractivity contribution in [3.63, 3.8) is 0 Å². The van der Waals surface area contributed by atoms with Gasteiger partial charge in [0.05, 0.1) is 12.8 Å². The van der Waals surface area contributed by atoms with Gasteiger partial charge >= 0.3 is 5.97 Å². The third-order valence-corrected chi connectivity index (χ3v) is 3.69. The Hall–Kier alpha value is -2.14. The first-order valence-corrected chi connectivity index (χ1v) is 7.11. The van der Waals surface area contributed by atoms with E-state index < -0.39 is 11.6 Å². The van der Waals surface area contributed by atoms with Crippen LogP contribution in [0.15, 0.2) is 36.4 Å². The van der Waals surface area contributed by atoms with E-state index in [4.69, 9.17) is 21.1 Å². The fraction of sp³-hybridized carbons (Fsp3) is 0.250. The number of hydrogen-bond donors (Lipinski definition) is 0. The molecule has 0 aliphatic heterocycles. The van der Waals surface area contributed by atoms with Gasteiger partial charge in [-0.05, 0) is 30.3 Å². The third kappa shape index (κ3) is 2.90. The average molecular weight is 322 g/mol. The SMILES string of the molecule is COC(=O)C1(Oc2cc(Cl)cc(-c3ccc(F)cc3)n2)CC1. The lowest BCUT2D eigenvalue weighted by Crippen LogP contribution is -2.31. The second kappa shape index (κ2) is 5.57. The van der Waals surface area contributed by atoms with Crippen molar-refractivity contribution in [2.75, 3.05) is 7.11 Å². The summed E-state index contributed by atoms with van der Waals surface area (Å²) in [6.07, 6.45) is 1.17. The van der Waals surface area contributed by atoms with Crippen molar-refractivity contribution in [3.05, 3.63) is 47.2 Å². The van der Waals surface area contributed by atoms with Crippen molar-refractivity contribution in [1.29, 1.82) is 0 Å². The molecule has 0 unspecified atom stereocenters. The highest BCUT2D eigenvalue weighted by atomic mass is 35.5. The Morgan fingerprint density at radius 1 is 1.27 bits per heavy atom. The zero-order valence-corrected chi connectivity index (χ0v) is 12.6. The van der Waals surface area contributed by atoms with Crippen LogP contribution in [-0.4, -0.2) is 23.7 Å². The molecular formula is C16H13ClFNO3. The molecule has 1 aromatic carbocycles. The summed E-state index contributed by atoms with van der Waals surface area (Å²) < 4.78 is 23.4. The monoisotopic (exact) mass is 321 g/mol. The van der Waals surface area contributed by atoms with Crippen molar-refractivity contribution >= 4 is 17.6 Å². The minimum absolute atomic E-state index is 0.245. The van der Waals surface area contributed by atoms with Crippen LogP contribution in [0.25, 0.3) is 11.3 Å². The maximum absolute atomic E-state index is 13.0.